The summed E-state index contributed by atoms with van der Waals surface area (Å²) in [7, 11) is 0. The highest BCUT2D eigenvalue weighted by Crippen LogP contribution is 2.41. The van der Waals surface area contributed by atoms with E-state index in [9.17, 15) is 0 Å². The van der Waals surface area contributed by atoms with Crippen molar-refractivity contribution in [2.75, 3.05) is 0 Å². The molecule has 0 saturated carbocycles. The number of rotatable bonds is 0. The van der Waals surface area contributed by atoms with Gasteiger partial charge in [-0.25, -0.2) is 0 Å². The van der Waals surface area contributed by atoms with E-state index >= 15 is 0 Å². The van der Waals surface area contributed by atoms with Crippen LogP contribution in [0.1, 0.15) is 22.3 Å². The second kappa shape index (κ2) is 7.67. The van der Waals surface area contributed by atoms with Gasteiger partial charge < -0.3 is 0 Å². The van der Waals surface area contributed by atoms with Gasteiger partial charge >= 0.3 is 0 Å². The molecule has 0 fully saturated rings. The maximum absolute atomic E-state index is 2.42. The van der Waals surface area contributed by atoms with Crippen molar-refractivity contribution in [1.82, 2.24) is 0 Å². The van der Waals surface area contributed by atoms with Crippen LogP contribution in [0.4, 0.5) is 0 Å². The van der Waals surface area contributed by atoms with Crippen LogP contribution >= 0.6 is 0 Å². The molecular weight excluding hydrogens is 432 g/mol. The molecule has 0 heterocycles. The molecule has 36 heavy (non-hydrogen) atoms. The van der Waals surface area contributed by atoms with Gasteiger partial charge in [0, 0.05) is 0 Å². The molecule has 0 nitrogen and oxygen atoms in total. The molecule has 0 heteroatoms. The minimum atomic E-state index is 1.05. The Morgan fingerprint density at radius 3 is 1.56 bits per heavy atom. The Balaban J connectivity index is 1.57. The van der Waals surface area contributed by atoms with Crippen molar-refractivity contribution >= 4 is 53.9 Å². The van der Waals surface area contributed by atoms with Crippen LogP contribution < -0.4 is 0 Å². The zero-order valence-electron chi connectivity index (χ0n) is 20.2. The Hall–Kier alpha value is -4.16. The number of benzene rings is 7. The van der Waals surface area contributed by atoms with Gasteiger partial charge in [0.25, 0.3) is 0 Å². The van der Waals surface area contributed by atoms with Gasteiger partial charge in [-0.15, -0.1) is 0 Å². The number of hydrogen-bond acceptors (Lipinski definition) is 0. The molecule has 4 aliphatic rings. The molecule has 0 unspecified atom stereocenters. The van der Waals surface area contributed by atoms with Gasteiger partial charge in [-0.2, -0.15) is 0 Å². The molecule has 0 amide bonds. The smallest absolute Gasteiger partial charge is 0.00142 e. The topological polar surface area (TPSA) is 0 Å². The third-order valence-electron chi connectivity index (χ3n) is 8.41. The number of hydrogen-bond donors (Lipinski definition) is 0. The molecule has 4 bridgehead atoms. The fourth-order valence-corrected chi connectivity index (χ4v) is 6.56. The van der Waals surface area contributed by atoms with E-state index < -0.39 is 0 Å². The molecule has 4 aliphatic carbocycles. The predicted octanol–water partition coefficient (Wildman–Crippen LogP) is 9.34. The largest absolute Gasteiger partial charge is 0.0616 e. The average molecular weight is 459 g/mol. The van der Waals surface area contributed by atoms with Crippen molar-refractivity contribution in [3.63, 3.8) is 0 Å². The van der Waals surface area contributed by atoms with E-state index in [0.717, 1.165) is 25.7 Å². The predicted molar refractivity (Wildman–Crippen MR) is 155 cm³/mol. The first-order chi connectivity index (χ1) is 17.8. The minimum absolute atomic E-state index is 1.05. The lowest BCUT2D eigenvalue weighted by molar-refractivity contribution is 0.935. The van der Waals surface area contributed by atoms with Gasteiger partial charge in [-0.3, -0.25) is 0 Å². The van der Waals surface area contributed by atoms with E-state index in [0.29, 0.717) is 0 Å². The molecule has 0 saturated heterocycles. The Labute approximate surface area is 210 Å². The third-order valence-corrected chi connectivity index (χ3v) is 8.41. The quantitative estimate of drug-likeness (QED) is 0.199. The van der Waals surface area contributed by atoms with E-state index in [-0.39, 0.29) is 0 Å². The molecule has 0 spiro atoms. The summed E-state index contributed by atoms with van der Waals surface area (Å²) in [4.78, 5) is 0. The lowest BCUT2D eigenvalue weighted by Gasteiger charge is -2.18. The van der Waals surface area contributed by atoms with Crippen LogP contribution in [0.25, 0.3) is 53.9 Å². The zero-order valence-corrected chi connectivity index (χ0v) is 20.2. The lowest BCUT2D eigenvalue weighted by Crippen LogP contribution is -2.00. The molecule has 0 aliphatic heterocycles. The van der Waals surface area contributed by atoms with Gasteiger partial charge in [0.05, 0.1) is 0 Å². The highest BCUT2D eigenvalue weighted by molar-refractivity contribution is 6.32. The molecule has 11 rings (SSSR count). The van der Waals surface area contributed by atoms with Gasteiger partial charge in [0.15, 0.2) is 0 Å². The van der Waals surface area contributed by atoms with Gasteiger partial charge in [0.1, 0.15) is 0 Å². The number of aryl methyl sites for hydroxylation is 4. The summed E-state index contributed by atoms with van der Waals surface area (Å²) in [6.45, 7) is 0. The number of fused-ring (bicyclic) bond motifs is 7. The van der Waals surface area contributed by atoms with E-state index in [1.165, 1.54) is 76.1 Å². The van der Waals surface area contributed by atoms with Gasteiger partial charge in [0.2, 0.25) is 0 Å². The second-order valence-corrected chi connectivity index (χ2v) is 10.4. The van der Waals surface area contributed by atoms with Crippen molar-refractivity contribution in [1.29, 1.82) is 0 Å². The Morgan fingerprint density at radius 2 is 0.833 bits per heavy atom. The fraction of sp³-hybridized carbons (Fsp3) is 0.111. The van der Waals surface area contributed by atoms with E-state index in [4.69, 9.17) is 0 Å². The van der Waals surface area contributed by atoms with Crippen molar-refractivity contribution in [3.8, 4) is 0 Å². The summed E-state index contributed by atoms with van der Waals surface area (Å²) in [6, 6.07) is 41.5. The molecule has 0 aromatic heterocycles. The van der Waals surface area contributed by atoms with E-state index in [2.05, 4.69) is 109 Å². The van der Waals surface area contributed by atoms with Crippen molar-refractivity contribution in [3.05, 3.63) is 131 Å². The van der Waals surface area contributed by atoms with Crippen LogP contribution in [0.2, 0.25) is 0 Å². The molecule has 0 N–H and O–H groups in total. The lowest BCUT2D eigenvalue weighted by atomic mass is 9.86. The third kappa shape index (κ3) is 2.94. The first-order valence-corrected chi connectivity index (χ1v) is 13.1. The van der Waals surface area contributed by atoms with E-state index in [1.54, 1.807) is 0 Å². The fourth-order valence-electron chi connectivity index (χ4n) is 6.56. The summed E-state index contributed by atoms with van der Waals surface area (Å²) >= 11 is 0. The highest BCUT2D eigenvalue weighted by atomic mass is 14.2. The van der Waals surface area contributed by atoms with Crippen LogP contribution in [-0.2, 0) is 25.7 Å². The molecule has 7 aromatic carbocycles. The first-order valence-electron chi connectivity index (χ1n) is 13.1. The second-order valence-electron chi connectivity index (χ2n) is 10.4. The van der Waals surface area contributed by atoms with E-state index in [1.807, 2.05) is 0 Å². The normalized spacial score (nSPS) is 13.7. The summed E-state index contributed by atoms with van der Waals surface area (Å²) in [5, 5.41) is 13.7. The van der Waals surface area contributed by atoms with Gasteiger partial charge in [-0.1, -0.05) is 109 Å². The monoisotopic (exact) mass is 458 g/mol. The molecular formula is C36H26. The maximum Gasteiger partial charge on any atom is -0.00142 e. The van der Waals surface area contributed by atoms with Crippen LogP contribution in [0.3, 0.4) is 0 Å². The van der Waals surface area contributed by atoms with Crippen molar-refractivity contribution in [2.24, 2.45) is 0 Å². The molecule has 7 aromatic rings. The molecule has 170 valence electrons. The summed E-state index contributed by atoms with van der Waals surface area (Å²) in [6.07, 6.45) is 4.27. The van der Waals surface area contributed by atoms with Crippen LogP contribution in [-0.4, -0.2) is 0 Å². The minimum Gasteiger partial charge on any atom is -0.0616 e. The Morgan fingerprint density at radius 1 is 0.306 bits per heavy atom. The van der Waals surface area contributed by atoms with Gasteiger partial charge in [-0.05, 0) is 102 Å². The summed E-state index contributed by atoms with van der Waals surface area (Å²) in [5.74, 6) is 0. The summed E-state index contributed by atoms with van der Waals surface area (Å²) in [5.41, 5.74) is 5.79. The zero-order chi connectivity index (χ0) is 23.6. The van der Waals surface area contributed by atoms with Crippen LogP contribution in [0.5, 0.6) is 0 Å². The standard InChI is InChI=1S/C36H26/c1-2-4-31-25(3-1)13-15-28-17-18-29-19-20-30-21-22-32-26-11-9-23-5-7-24(8-6-23)10-12-27(16-14-26)34(32)36(30)35(29)33(28)31/h1-8,13-22H,9-12H2. The highest BCUT2D eigenvalue weighted by Gasteiger charge is 2.16. The van der Waals surface area contributed by atoms with Crippen LogP contribution in [0, 0.1) is 0 Å². The Kier molecular flexibility index (Phi) is 4.28. The maximum atomic E-state index is 2.42. The average Bonchev–Trinajstić information content (AvgIpc) is 2.93. The van der Waals surface area contributed by atoms with Crippen LogP contribution in [0.15, 0.2) is 109 Å². The molecule has 0 radical (unpaired) electrons. The SMILES string of the molecule is c1ccc2c(c1)ccc1ccc3ccc4ccc5c6ccc(c5c4c3c12)CCc1ccc(cc1)CC6. The first kappa shape index (κ1) is 20.1. The molecule has 0 atom stereocenters. The van der Waals surface area contributed by atoms with Crippen molar-refractivity contribution < 1.29 is 0 Å². The Bertz CT molecular complexity index is 1960. The van der Waals surface area contributed by atoms with Crippen molar-refractivity contribution in [2.45, 2.75) is 25.7 Å². The summed E-state index contributed by atoms with van der Waals surface area (Å²) < 4.78 is 0.